The van der Waals surface area contributed by atoms with Crippen molar-refractivity contribution in [2.24, 2.45) is 0 Å². The van der Waals surface area contributed by atoms with Gasteiger partial charge in [-0.1, -0.05) is 43.2 Å². The summed E-state index contributed by atoms with van der Waals surface area (Å²) in [7, 11) is 3.02. The minimum absolute atomic E-state index is 0.0916. The summed E-state index contributed by atoms with van der Waals surface area (Å²) in [4.78, 5) is 27.4. The second-order valence-corrected chi connectivity index (χ2v) is 7.33. The van der Waals surface area contributed by atoms with E-state index in [1.54, 1.807) is 23.1 Å². The number of aliphatic hydroxyl groups excluding tert-OH is 1. The maximum Gasteiger partial charge on any atom is 0.295 e. The number of unbranched alkanes of at least 4 members (excludes halogenated alkanes) is 1. The Labute approximate surface area is 176 Å². The topological polar surface area (TPSA) is 76.1 Å². The molecule has 1 unspecified atom stereocenters. The van der Waals surface area contributed by atoms with Gasteiger partial charge in [-0.3, -0.25) is 9.59 Å². The number of hydrogen-bond acceptors (Lipinski definition) is 5. The number of methoxy groups -OCH3 is 2. The summed E-state index contributed by atoms with van der Waals surface area (Å²) in [5.41, 5.74) is 2.29. The van der Waals surface area contributed by atoms with Crippen molar-refractivity contribution in [1.29, 1.82) is 0 Å². The van der Waals surface area contributed by atoms with Gasteiger partial charge >= 0.3 is 0 Å². The summed E-state index contributed by atoms with van der Waals surface area (Å²) in [6.07, 6.45) is 1.66. The zero-order valence-electron chi connectivity index (χ0n) is 17.8. The average molecular weight is 409 g/mol. The van der Waals surface area contributed by atoms with Crippen LogP contribution in [0.25, 0.3) is 5.76 Å². The lowest BCUT2D eigenvalue weighted by Crippen LogP contribution is -2.30. The van der Waals surface area contributed by atoms with Crippen molar-refractivity contribution in [3.63, 3.8) is 0 Å². The Kier molecular flexibility index (Phi) is 6.45. The van der Waals surface area contributed by atoms with Gasteiger partial charge in [0.15, 0.2) is 11.5 Å². The van der Waals surface area contributed by atoms with Crippen LogP contribution in [0.4, 0.5) is 0 Å². The zero-order valence-corrected chi connectivity index (χ0v) is 17.8. The number of ketones is 1. The maximum absolute atomic E-state index is 13.0. The van der Waals surface area contributed by atoms with Gasteiger partial charge in [-0.05, 0) is 37.1 Å². The molecular formula is C24H27NO5. The lowest BCUT2D eigenvalue weighted by molar-refractivity contribution is -0.139. The van der Waals surface area contributed by atoms with Crippen LogP contribution in [-0.4, -0.2) is 42.5 Å². The van der Waals surface area contributed by atoms with E-state index in [4.69, 9.17) is 9.47 Å². The first-order valence-corrected chi connectivity index (χ1v) is 10.00. The second-order valence-electron chi connectivity index (χ2n) is 7.33. The third-order valence-electron chi connectivity index (χ3n) is 5.31. The molecule has 0 aromatic heterocycles. The molecular weight excluding hydrogens is 382 g/mol. The highest BCUT2D eigenvalue weighted by Gasteiger charge is 2.45. The Morgan fingerprint density at radius 1 is 1.07 bits per heavy atom. The van der Waals surface area contributed by atoms with E-state index in [-0.39, 0.29) is 11.3 Å². The van der Waals surface area contributed by atoms with Gasteiger partial charge in [0.25, 0.3) is 11.7 Å². The molecule has 2 aromatic carbocycles. The van der Waals surface area contributed by atoms with Crippen LogP contribution in [0, 0.1) is 6.92 Å². The number of Topliss-reactive ketones (excluding diaryl/α,β-unsaturated/α-hetero) is 1. The van der Waals surface area contributed by atoms with Crippen LogP contribution in [0.15, 0.2) is 48.0 Å². The number of nitrogens with zero attached hydrogens (tertiary/aromatic N) is 1. The lowest BCUT2D eigenvalue weighted by Gasteiger charge is -2.25. The number of aryl methyl sites for hydroxylation is 1. The minimum atomic E-state index is -0.676. The van der Waals surface area contributed by atoms with Crippen LogP contribution in [-0.2, 0) is 9.59 Å². The molecule has 0 saturated carbocycles. The van der Waals surface area contributed by atoms with E-state index >= 15 is 0 Å². The van der Waals surface area contributed by atoms with Crippen molar-refractivity contribution in [2.75, 3.05) is 20.8 Å². The fourth-order valence-electron chi connectivity index (χ4n) is 3.76. The summed E-state index contributed by atoms with van der Waals surface area (Å²) in [5, 5.41) is 11.1. The van der Waals surface area contributed by atoms with Crippen molar-refractivity contribution >= 4 is 17.4 Å². The summed E-state index contributed by atoms with van der Waals surface area (Å²) in [5.74, 6) is -0.553. The molecule has 1 aliphatic heterocycles. The number of amides is 1. The van der Waals surface area contributed by atoms with Crippen molar-refractivity contribution in [3.8, 4) is 11.5 Å². The van der Waals surface area contributed by atoms with Crippen molar-refractivity contribution in [2.45, 2.75) is 32.7 Å². The molecule has 2 aromatic rings. The number of carbonyl (C=O) groups is 2. The molecule has 1 saturated heterocycles. The molecule has 0 aliphatic carbocycles. The zero-order chi connectivity index (χ0) is 21.8. The third-order valence-corrected chi connectivity index (χ3v) is 5.31. The van der Waals surface area contributed by atoms with E-state index < -0.39 is 17.7 Å². The quantitative estimate of drug-likeness (QED) is 0.421. The molecule has 1 aliphatic rings. The summed E-state index contributed by atoms with van der Waals surface area (Å²) in [6, 6.07) is 11.9. The number of hydrogen-bond donors (Lipinski definition) is 1. The molecule has 1 fully saturated rings. The molecule has 1 heterocycles. The minimum Gasteiger partial charge on any atom is -0.507 e. The van der Waals surface area contributed by atoms with Gasteiger partial charge in [0.1, 0.15) is 5.76 Å². The van der Waals surface area contributed by atoms with E-state index in [0.29, 0.717) is 23.6 Å². The van der Waals surface area contributed by atoms with Gasteiger partial charge in [0, 0.05) is 12.1 Å². The highest BCUT2D eigenvalue weighted by molar-refractivity contribution is 6.46. The van der Waals surface area contributed by atoms with Gasteiger partial charge in [0.05, 0.1) is 25.8 Å². The fraction of sp³-hybridized carbons (Fsp3) is 0.333. The normalized spacial score (nSPS) is 18.0. The molecule has 3 rings (SSSR count). The number of rotatable bonds is 7. The molecule has 0 spiro atoms. The second kappa shape index (κ2) is 9.03. The summed E-state index contributed by atoms with van der Waals surface area (Å²) >= 11 is 0. The standard InChI is InChI=1S/C24H27NO5/c1-5-6-12-25-21(16-9-7-8-15(2)13-16)20(23(27)24(25)28)22(26)17-10-11-18(29-3)19(14-17)30-4/h7-11,13-14,21,26H,5-6,12H2,1-4H3/b22-20-. The summed E-state index contributed by atoms with van der Waals surface area (Å²) in [6.45, 7) is 4.43. The molecule has 1 N–H and O–H groups in total. The third kappa shape index (κ3) is 3.90. The van der Waals surface area contributed by atoms with E-state index in [0.717, 1.165) is 24.0 Å². The van der Waals surface area contributed by atoms with Gasteiger partial charge < -0.3 is 19.5 Å². The molecule has 30 heavy (non-hydrogen) atoms. The Hall–Kier alpha value is -3.28. The molecule has 0 radical (unpaired) electrons. The Bertz CT molecular complexity index is 995. The van der Waals surface area contributed by atoms with Crippen LogP contribution in [0.3, 0.4) is 0 Å². The van der Waals surface area contributed by atoms with E-state index in [1.807, 2.05) is 38.1 Å². The lowest BCUT2D eigenvalue weighted by atomic mass is 9.94. The number of likely N-dealkylation sites (tertiary alicyclic amines) is 1. The smallest absolute Gasteiger partial charge is 0.295 e. The van der Waals surface area contributed by atoms with Crippen molar-refractivity contribution in [3.05, 3.63) is 64.7 Å². The predicted molar refractivity (Wildman–Crippen MR) is 115 cm³/mol. The number of benzene rings is 2. The Morgan fingerprint density at radius 2 is 1.80 bits per heavy atom. The van der Waals surface area contributed by atoms with Crippen LogP contribution in [0.5, 0.6) is 11.5 Å². The molecule has 6 nitrogen and oxygen atoms in total. The highest BCUT2D eigenvalue weighted by Crippen LogP contribution is 2.40. The molecule has 6 heteroatoms. The number of ether oxygens (including phenoxy) is 2. The van der Waals surface area contributed by atoms with Gasteiger partial charge in [-0.25, -0.2) is 0 Å². The SMILES string of the molecule is CCCCN1C(=O)C(=O)/C(=C(\O)c2ccc(OC)c(OC)c2)C1c1cccc(C)c1. The van der Waals surface area contributed by atoms with Crippen LogP contribution >= 0.6 is 0 Å². The van der Waals surface area contributed by atoms with Crippen LogP contribution in [0.2, 0.25) is 0 Å². The Morgan fingerprint density at radius 3 is 2.43 bits per heavy atom. The van der Waals surface area contributed by atoms with Gasteiger partial charge in [-0.2, -0.15) is 0 Å². The van der Waals surface area contributed by atoms with Gasteiger partial charge in [-0.15, -0.1) is 0 Å². The van der Waals surface area contributed by atoms with E-state index in [2.05, 4.69) is 0 Å². The van der Waals surface area contributed by atoms with Gasteiger partial charge in [0.2, 0.25) is 0 Å². The first-order chi connectivity index (χ1) is 14.4. The average Bonchev–Trinajstić information content (AvgIpc) is 3.01. The van der Waals surface area contributed by atoms with Crippen LogP contribution in [0.1, 0.15) is 42.5 Å². The number of aliphatic hydroxyl groups is 1. The predicted octanol–water partition coefficient (Wildman–Crippen LogP) is 4.23. The van der Waals surface area contributed by atoms with E-state index in [1.165, 1.54) is 14.2 Å². The van der Waals surface area contributed by atoms with E-state index in [9.17, 15) is 14.7 Å². The first-order valence-electron chi connectivity index (χ1n) is 10.00. The maximum atomic E-state index is 13.0. The van der Waals surface area contributed by atoms with Crippen molar-refractivity contribution < 1.29 is 24.2 Å². The summed E-state index contributed by atoms with van der Waals surface area (Å²) < 4.78 is 10.6. The molecule has 158 valence electrons. The molecule has 1 atom stereocenters. The molecule has 1 amide bonds. The number of carbonyl (C=O) groups excluding carboxylic acids is 2. The largest absolute Gasteiger partial charge is 0.507 e. The molecule has 0 bridgehead atoms. The monoisotopic (exact) mass is 409 g/mol. The Balaban J connectivity index is 2.18. The highest BCUT2D eigenvalue weighted by atomic mass is 16.5. The van der Waals surface area contributed by atoms with Crippen LogP contribution < -0.4 is 9.47 Å². The fourth-order valence-corrected chi connectivity index (χ4v) is 3.76. The first kappa shape index (κ1) is 21.4. The van der Waals surface area contributed by atoms with Crippen molar-refractivity contribution in [1.82, 2.24) is 4.90 Å².